The molecular formula is C9H14Cl2Os. The summed E-state index contributed by atoms with van der Waals surface area (Å²) in [6, 6.07) is 10.5. The van der Waals surface area contributed by atoms with Crippen LogP contribution >= 0.6 is 24.8 Å². The maximum absolute atomic E-state index is 2.20. The van der Waals surface area contributed by atoms with E-state index in [2.05, 4.69) is 38.1 Å². The number of hydrogen-bond acceptors (Lipinski definition) is 0. The molecule has 0 saturated heterocycles. The molecule has 0 aliphatic rings. The van der Waals surface area contributed by atoms with Crippen molar-refractivity contribution in [3.05, 3.63) is 35.9 Å². The van der Waals surface area contributed by atoms with Gasteiger partial charge < -0.3 is 0 Å². The summed E-state index contributed by atoms with van der Waals surface area (Å²) >= 11 is 0. The molecule has 1 aromatic carbocycles. The van der Waals surface area contributed by atoms with Crippen LogP contribution in [0.4, 0.5) is 0 Å². The Balaban J connectivity index is -0.000000270. The first-order chi connectivity index (χ1) is 4.30. The molecule has 0 unspecified atom stereocenters. The minimum absolute atomic E-state index is 0. The predicted molar refractivity (Wildman–Crippen MR) is 55.0 cm³/mol. The summed E-state index contributed by atoms with van der Waals surface area (Å²) in [6.07, 6.45) is 0. The molecule has 3 heteroatoms. The Morgan fingerprint density at radius 1 is 0.917 bits per heavy atom. The van der Waals surface area contributed by atoms with E-state index >= 15 is 0 Å². The fraction of sp³-hybridized carbons (Fsp3) is 0.333. The Labute approximate surface area is 100 Å². The van der Waals surface area contributed by atoms with Crippen LogP contribution in [0.1, 0.15) is 25.3 Å². The molecule has 0 amide bonds. The van der Waals surface area contributed by atoms with Gasteiger partial charge in [-0.1, -0.05) is 44.2 Å². The van der Waals surface area contributed by atoms with Crippen molar-refractivity contribution in [2.75, 3.05) is 0 Å². The smallest absolute Gasteiger partial charge is 0 e. The molecule has 0 spiro atoms. The molecule has 0 saturated carbocycles. The summed E-state index contributed by atoms with van der Waals surface area (Å²) in [5.74, 6) is 0.659. The fourth-order valence-electron chi connectivity index (χ4n) is 0.838. The van der Waals surface area contributed by atoms with Crippen LogP contribution in [-0.2, 0) is 19.8 Å². The van der Waals surface area contributed by atoms with Crippen LogP contribution < -0.4 is 0 Å². The zero-order chi connectivity index (χ0) is 6.69. The Morgan fingerprint density at radius 3 is 1.58 bits per heavy atom. The van der Waals surface area contributed by atoms with Crippen molar-refractivity contribution in [3.63, 3.8) is 0 Å². The van der Waals surface area contributed by atoms with E-state index in [4.69, 9.17) is 0 Å². The minimum Gasteiger partial charge on any atom is -0.147 e. The molecule has 1 aromatic rings. The second-order valence-corrected chi connectivity index (χ2v) is 2.57. The molecule has 1 rings (SSSR count). The topological polar surface area (TPSA) is 0 Å². The third kappa shape index (κ3) is 6.01. The molecule has 0 radical (unpaired) electrons. The van der Waals surface area contributed by atoms with Crippen molar-refractivity contribution in [1.29, 1.82) is 0 Å². The quantitative estimate of drug-likeness (QED) is 0.695. The van der Waals surface area contributed by atoms with Crippen LogP contribution in [0, 0.1) is 0 Å². The van der Waals surface area contributed by atoms with E-state index in [1.807, 2.05) is 6.07 Å². The van der Waals surface area contributed by atoms with Gasteiger partial charge in [-0.3, -0.25) is 0 Å². The summed E-state index contributed by atoms with van der Waals surface area (Å²) in [6.45, 7) is 4.41. The van der Waals surface area contributed by atoms with Crippen molar-refractivity contribution in [2.24, 2.45) is 0 Å². The average molecular weight is 383 g/mol. The average Bonchev–Trinajstić information content (AvgIpc) is 1.90. The second-order valence-electron chi connectivity index (χ2n) is 2.57. The molecule has 0 nitrogen and oxygen atoms in total. The van der Waals surface area contributed by atoms with Crippen LogP contribution in [0.15, 0.2) is 30.3 Å². The van der Waals surface area contributed by atoms with Crippen LogP contribution in [0.2, 0.25) is 0 Å². The van der Waals surface area contributed by atoms with Gasteiger partial charge in [-0.25, -0.2) is 0 Å². The Hall–Kier alpha value is 0.436. The van der Waals surface area contributed by atoms with Crippen LogP contribution in [0.5, 0.6) is 0 Å². The zero-order valence-corrected chi connectivity index (χ0v) is 11.3. The molecule has 0 N–H and O–H groups in total. The van der Waals surface area contributed by atoms with E-state index in [-0.39, 0.29) is 44.6 Å². The maximum atomic E-state index is 2.20. The van der Waals surface area contributed by atoms with E-state index in [0.717, 1.165) is 0 Å². The summed E-state index contributed by atoms with van der Waals surface area (Å²) in [5, 5.41) is 0. The normalized spacial score (nSPS) is 7.58. The Morgan fingerprint density at radius 2 is 1.33 bits per heavy atom. The summed E-state index contributed by atoms with van der Waals surface area (Å²) in [5.41, 5.74) is 1.41. The standard InChI is InChI=1S/C9H12.2ClH.Os/c1-8(2)9-6-4-3-5-7-9;;;/h3-8H,1-2H3;2*1H;. The Kier molecular flexibility index (Phi) is 14.5. The second kappa shape index (κ2) is 9.52. The molecule has 0 bridgehead atoms. The molecule has 0 aromatic heterocycles. The third-order valence-electron chi connectivity index (χ3n) is 1.47. The largest absolute Gasteiger partial charge is 0.147 e. The molecule has 0 atom stereocenters. The van der Waals surface area contributed by atoms with Gasteiger partial charge in [0.1, 0.15) is 0 Å². The number of benzene rings is 1. The molecule has 0 fully saturated rings. The maximum Gasteiger partial charge on any atom is 0 e. The van der Waals surface area contributed by atoms with Gasteiger partial charge in [0, 0.05) is 19.8 Å². The summed E-state index contributed by atoms with van der Waals surface area (Å²) in [7, 11) is 0. The fourth-order valence-corrected chi connectivity index (χ4v) is 0.838. The first-order valence-corrected chi connectivity index (χ1v) is 3.35. The van der Waals surface area contributed by atoms with Crippen molar-refractivity contribution in [1.82, 2.24) is 0 Å². The van der Waals surface area contributed by atoms with Crippen molar-refractivity contribution >= 4 is 24.8 Å². The van der Waals surface area contributed by atoms with Crippen LogP contribution in [0.25, 0.3) is 0 Å². The van der Waals surface area contributed by atoms with Gasteiger partial charge in [0.25, 0.3) is 0 Å². The SMILES string of the molecule is CC(C)c1ccccc1.Cl.Cl.[Os]. The number of rotatable bonds is 1. The van der Waals surface area contributed by atoms with Gasteiger partial charge in [0.15, 0.2) is 0 Å². The molecule has 0 aliphatic heterocycles. The predicted octanol–water partition coefficient (Wildman–Crippen LogP) is 3.65. The van der Waals surface area contributed by atoms with E-state index in [1.165, 1.54) is 5.56 Å². The van der Waals surface area contributed by atoms with Gasteiger partial charge in [-0.15, -0.1) is 24.8 Å². The monoisotopic (exact) mass is 384 g/mol. The minimum atomic E-state index is 0. The van der Waals surface area contributed by atoms with Crippen molar-refractivity contribution < 1.29 is 19.8 Å². The van der Waals surface area contributed by atoms with Crippen molar-refractivity contribution in [3.8, 4) is 0 Å². The number of halogens is 2. The molecule has 12 heavy (non-hydrogen) atoms. The number of hydrogen-bond donors (Lipinski definition) is 0. The Bertz CT molecular complexity index is 175. The van der Waals surface area contributed by atoms with Crippen LogP contribution in [0.3, 0.4) is 0 Å². The van der Waals surface area contributed by atoms with Gasteiger partial charge in [-0.05, 0) is 11.5 Å². The van der Waals surface area contributed by atoms with Crippen LogP contribution in [-0.4, -0.2) is 0 Å². The van der Waals surface area contributed by atoms with E-state index in [9.17, 15) is 0 Å². The van der Waals surface area contributed by atoms with E-state index in [0.29, 0.717) is 5.92 Å². The molecule has 0 aliphatic carbocycles. The summed E-state index contributed by atoms with van der Waals surface area (Å²) in [4.78, 5) is 0. The first kappa shape index (κ1) is 18.3. The van der Waals surface area contributed by atoms with Crippen molar-refractivity contribution in [2.45, 2.75) is 19.8 Å². The van der Waals surface area contributed by atoms with E-state index < -0.39 is 0 Å². The zero-order valence-electron chi connectivity index (χ0n) is 7.13. The summed E-state index contributed by atoms with van der Waals surface area (Å²) < 4.78 is 0. The van der Waals surface area contributed by atoms with Gasteiger partial charge in [0.2, 0.25) is 0 Å². The van der Waals surface area contributed by atoms with Gasteiger partial charge in [0.05, 0.1) is 0 Å². The van der Waals surface area contributed by atoms with Gasteiger partial charge >= 0.3 is 0 Å². The first-order valence-electron chi connectivity index (χ1n) is 3.35. The van der Waals surface area contributed by atoms with E-state index in [1.54, 1.807) is 0 Å². The molecular weight excluding hydrogens is 369 g/mol. The molecule has 0 heterocycles. The van der Waals surface area contributed by atoms with Gasteiger partial charge in [-0.2, -0.15) is 0 Å². The third-order valence-corrected chi connectivity index (χ3v) is 1.47. The molecule has 72 valence electrons.